The summed E-state index contributed by atoms with van der Waals surface area (Å²) < 4.78 is 0. The topological polar surface area (TPSA) is 66.9 Å². The summed E-state index contributed by atoms with van der Waals surface area (Å²) in [5.41, 5.74) is 0.332. The number of carbonyl (C=O) groups excluding carboxylic acids is 1. The molecule has 1 fully saturated rings. The Balaban J connectivity index is 1.99. The predicted octanol–water partition coefficient (Wildman–Crippen LogP) is 1.58. The number of hydrogen-bond acceptors (Lipinski definition) is 4. The van der Waals surface area contributed by atoms with Crippen molar-refractivity contribution in [1.29, 1.82) is 0 Å². The lowest BCUT2D eigenvalue weighted by atomic mass is 9.78. The molecule has 0 unspecified atom stereocenters. The second kappa shape index (κ2) is 4.69. The first-order chi connectivity index (χ1) is 8.13. The van der Waals surface area contributed by atoms with Crippen LogP contribution in [0, 0.1) is 0 Å². The van der Waals surface area contributed by atoms with E-state index in [1.165, 1.54) is 12.6 Å². The molecule has 17 heavy (non-hydrogen) atoms. The van der Waals surface area contributed by atoms with Crippen LogP contribution in [0.5, 0.6) is 0 Å². The maximum Gasteiger partial charge on any atom is 0.271 e. The van der Waals surface area contributed by atoms with E-state index in [9.17, 15) is 4.79 Å². The fourth-order valence-electron chi connectivity index (χ4n) is 1.89. The largest absolute Gasteiger partial charge is 0.369 e. The second-order valence-electron chi connectivity index (χ2n) is 4.69. The lowest BCUT2D eigenvalue weighted by molar-refractivity contribution is 0.0845. The molecule has 0 aliphatic heterocycles. The summed E-state index contributed by atoms with van der Waals surface area (Å²) in [5, 5.41) is 6.04. The first-order valence-corrected chi connectivity index (χ1v) is 6.01. The van der Waals surface area contributed by atoms with Crippen LogP contribution in [-0.2, 0) is 0 Å². The van der Waals surface area contributed by atoms with E-state index in [1.54, 1.807) is 6.20 Å². The average molecular weight is 234 g/mol. The summed E-state index contributed by atoms with van der Waals surface area (Å²) in [7, 11) is 0. The van der Waals surface area contributed by atoms with E-state index in [-0.39, 0.29) is 11.4 Å². The van der Waals surface area contributed by atoms with Crippen LogP contribution >= 0.6 is 0 Å². The van der Waals surface area contributed by atoms with E-state index in [0.717, 1.165) is 19.4 Å². The van der Waals surface area contributed by atoms with Gasteiger partial charge in [0.05, 0.1) is 12.4 Å². The minimum absolute atomic E-state index is 0.0426. The van der Waals surface area contributed by atoms with Crippen molar-refractivity contribution < 1.29 is 4.79 Å². The Morgan fingerprint density at radius 3 is 2.65 bits per heavy atom. The Morgan fingerprint density at radius 2 is 2.18 bits per heavy atom. The second-order valence-corrected chi connectivity index (χ2v) is 4.69. The van der Waals surface area contributed by atoms with Crippen molar-refractivity contribution in [3.05, 3.63) is 18.1 Å². The Bertz CT molecular complexity index is 397. The summed E-state index contributed by atoms with van der Waals surface area (Å²) in [4.78, 5) is 20.1. The smallest absolute Gasteiger partial charge is 0.271 e. The Kier molecular flexibility index (Phi) is 3.26. The molecule has 1 heterocycles. The van der Waals surface area contributed by atoms with Gasteiger partial charge in [-0.1, -0.05) is 0 Å². The highest BCUT2D eigenvalue weighted by Gasteiger charge is 2.33. The molecule has 2 rings (SSSR count). The first kappa shape index (κ1) is 11.8. The molecular weight excluding hydrogens is 216 g/mol. The van der Waals surface area contributed by atoms with Crippen molar-refractivity contribution in [2.45, 2.75) is 38.6 Å². The van der Waals surface area contributed by atoms with Gasteiger partial charge in [-0.3, -0.25) is 4.79 Å². The summed E-state index contributed by atoms with van der Waals surface area (Å²) in [6, 6.07) is 0. The number of amides is 1. The van der Waals surface area contributed by atoms with E-state index in [2.05, 4.69) is 27.5 Å². The van der Waals surface area contributed by atoms with Gasteiger partial charge in [-0.05, 0) is 33.1 Å². The van der Waals surface area contributed by atoms with Gasteiger partial charge in [0.25, 0.3) is 5.91 Å². The van der Waals surface area contributed by atoms with E-state index in [1.807, 2.05) is 6.92 Å². The van der Waals surface area contributed by atoms with Crippen LogP contribution in [0.25, 0.3) is 0 Å². The van der Waals surface area contributed by atoms with Crippen LogP contribution in [0.1, 0.15) is 43.6 Å². The molecular formula is C12H18N4O. The Labute approximate surface area is 101 Å². The van der Waals surface area contributed by atoms with Crippen LogP contribution in [0.4, 0.5) is 5.82 Å². The molecule has 0 spiro atoms. The summed E-state index contributed by atoms with van der Waals surface area (Å²) in [6.45, 7) is 4.84. The summed E-state index contributed by atoms with van der Waals surface area (Å²) in [5.74, 6) is 0.557. The quantitative estimate of drug-likeness (QED) is 0.830. The number of anilines is 1. The normalized spacial score (nSPS) is 17.1. The molecule has 1 aliphatic carbocycles. The number of carbonyl (C=O) groups is 1. The van der Waals surface area contributed by atoms with Crippen LogP contribution in [0.2, 0.25) is 0 Å². The van der Waals surface area contributed by atoms with E-state index < -0.39 is 0 Å². The third-order valence-electron chi connectivity index (χ3n) is 3.11. The molecule has 2 N–H and O–H groups in total. The molecule has 1 aromatic heterocycles. The Hall–Kier alpha value is -1.65. The molecule has 0 aromatic carbocycles. The van der Waals surface area contributed by atoms with E-state index in [0.29, 0.717) is 11.5 Å². The summed E-state index contributed by atoms with van der Waals surface area (Å²) in [6.07, 6.45) is 6.36. The van der Waals surface area contributed by atoms with Gasteiger partial charge < -0.3 is 10.6 Å². The zero-order valence-corrected chi connectivity index (χ0v) is 10.3. The molecule has 0 saturated heterocycles. The molecule has 92 valence electrons. The monoisotopic (exact) mass is 234 g/mol. The predicted molar refractivity (Wildman–Crippen MR) is 65.9 cm³/mol. The minimum Gasteiger partial charge on any atom is -0.369 e. The third kappa shape index (κ3) is 2.72. The van der Waals surface area contributed by atoms with Crippen molar-refractivity contribution in [2.24, 2.45) is 0 Å². The van der Waals surface area contributed by atoms with Crippen LogP contribution in [0.15, 0.2) is 12.4 Å². The van der Waals surface area contributed by atoms with Crippen molar-refractivity contribution in [1.82, 2.24) is 15.3 Å². The average Bonchev–Trinajstić information content (AvgIpc) is 2.28. The molecule has 0 atom stereocenters. The van der Waals surface area contributed by atoms with E-state index in [4.69, 9.17) is 0 Å². The first-order valence-electron chi connectivity index (χ1n) is 6.01. The van der Waals surface area contributed by atoms with Crippen molar-refractivity contribution in [3.63, 3.8) is 0 Å². The van der Waals surface area contributed by atoms with Gasteiger partial charge in [0.15, 0.2) is 0 Å². The van der Waals surface area contributed by atoms with Gasteiger partial charge in [0.1, 0.15) is 11.5 Å². The fourth-order valence-corrected chi connectivity index (χ4v) is 1.89. The highest BCUT2D eigenvalue weighted by Crippen LogP contribution is 2.31. The zero-order chi connectivity index (χ0) is 12.3. The highest BCUT2D eigenvalue weighted by atomic mass is 16.2. The molecule has 1 aliphatic rings. The molecule has 0 radical (unpaired) electrons. The van der Waals surface area contributed by atoms with Crippen molar-refractivity contribution in [3.8, 4) is 0 Å². The van der Waals surface area contributed by atoms with Gasteiger partial charge in [-0.2, -0.15) is 0 Å². The Morgan fingerprint density at radius 1 is 1.41 bits per heavy atom. The van der Waals surface area contributed by atoms with Gasteiger partial charge in [-0.15, -0.1) is 0 Å². The summed E-state index contributed by atoms with van der Waals surface area (Å²) >= 11 is 0. The van der Waals surface area contributed by atoms with Crippen LogP contribution in [-0.4, -0.2) is 28.0 Å². The van der Waals surface area contributed by atoms with Gasteiger partial charge >= 0.3 is 0 Å². The number of nitrogens with zero attached hydrogens (tertiary/aromatic N) is 2. The van der Waals surface area contributed by atoms with Gasteiger partial charge in [0, 0.05) is 12.1 Å². The molecule has 5 nitrogen and oxygen atoms in total. The van der Waals surface area contributed by atoms with Crippen molar-refractivity contribution in [2.75, 3.05) is 11.9 Å². The maximum absolute atomic E-state index is 11.9. The fraction of sp³-hybridized carbons (Fsp3) is 0.583. The minimum atomic E-state index is -0.136. The molecule has 5 heteroatoms. The molecule has 1 saturated carbocycles. The number of rotatable bonds is 4. The lowest BCUT2D eigenvalue weighted by Crippen LogP contribution is -2.51. The van der Waals surface area contributed by atoms with Crippen molar-refractivity contribution >= 4 is 11.7 Å². The molecule has 1 amide bonds. The van der Waals surface area contributed by atoms with Gasteiger partial charge in [0.2, 0.25) is 0 Å². The highest BCUT2D eigenvalue weighted by molar-refractivity contribution is 5.92. The lowest BCUT2D eigenvalue weighted by Gasteiger charge is -2.38. The zero-order valence-electron chi connectivity index (χ0n) is 10.3. The standard InChI is InChI=1S/C12H18N4O/c1-3-13-10-8-14-9(7-15-10)11(17)16-12(2)5-4-6-12/h7-8H,3-6H2,1-2H3,(H,13,15)(H,16,17). The SMILES string of the molecule is CCNc1cnc(C(=O)NC2(C)CCC2)cn1. The maximum atomic E-state index is 11.9. The number of hydrogen-bond donors (Lipinski definition) is 2. The molecule has 1 aromatic rings. The van der Waals surface area contributed by atoms with Crippen LogP contribution < -0.4 is 10.6 Å². The third-order valence-corrected chi connectivity index (χ3v) is 3.11. The number of aromatic nitrogens is 2. The number of nitrogens with one attached hydrogen (secondary N) is 2. The van der Waals surface area contributed by atoms with E-state index >= 15 is 0 Å². The van der Waals surface area contributed by atoms with Gasteiger partial charge in [-0.25, -0.2) is 9.97 Å². The van der Waals surface area contributed by atoms with Crippen LogP contribution in [0.3, 0.4) is 0 Å². The molecule has 0 bridgehead atoms.